The van der Waals surface area contributed by atoms with Crippen molar-refractivity contribution in [1.82, 2.24) is 4.98 Å². The van der Waals surface area contributed by atoms with Crippen molar-refractivity contribution >= 4 is 45.1 Å². The molecule has 0 atom stereocenters. The van der Waals surface area contributed by atoms with E-state index in [0.717, 1.165) is 15.7 Å². The third kappa shape index (κ3) is 2.25. The van der Waals surface area contributed by atoms with Crippen LogP contribution in [0.15, 0.2) is 22.7 Å². The highest BCUT2D eigenvalue weighted by atomic mass is 79.9. The fourth-order valence-corrected chi connectivity index (χ4v) is 3.05. The van der Waals surface area contributed by atoms with Crippen molar-refractivity contribution in [1.29, 1.82) is 0 Å². The van der Waals surface area contributed by atoms with Gasteiger partial charge in [-0.05, 0) is 37.6 Å². The number of aryl methyl sites for hydroxylation is 1. The van der Waals surface area contributed by atoms with E-state index in [0.29, 0.717) is 22.5 Å². The first-order valence-electron chi connectivity index (χ1n) is 6.64. The number of aromatic nitrogens is 1. The van der Waals surface area contributed by atoms with Crippen LogP contribution in [-0.2, 0) is 4.79 Å². The minimum Gasteiger partial charge on any atom is -0.478 e. The zero-order valence-electron chi connectivity index (χ0n) is 12.0. The van der Waals surface area contributed by atoms with Crippen LogP contribution in [0.3, 0.4) is 0 Å². The van der Waals surface area contributed by atoms with Crippen LogP contribution in [0.25, 0.3) is 11.6 Å². The Bertz CT molecular complexity index is 849. The van der Waals surface area contributed by atoms with Gasteiger partial charge in [0.05, 0.1) is 16.8 Å². The molecule has 0 bridgehead atoms. The van der Waals surface area contributed by atoms with Crippen molar-refractivity contribution in [2.24, 2.45) is 0 Å². The molecule has 3 rings (SSSR count). The zero-order valence-corrected chi connectivity index (χ0v) is 13.5. The van der Waals surface area contributed by atoms with E-state index in [9.17, 15) is 14.7 Å². The Hall–Kier alpha value is -2.34. The van der Waals surface area contributed by atoms with Crippen molar-refractivity contribution < 1.29 is 14.7 Å². The number of fused-ring (bicyclic) bond motifs is 1. The summed E-state index contributed by atoms with van der Waals surface area (Å²) in [6, 6.07) is 5.55. The number of hydrogen-bond acceptors (Lipinski definition) is 2. The van der Waals surface area contributed by atoms with Crippen molar-refractivity contribution in [3.05, 3.63) is 50.8 Å². The van der Waals surface area contributed by atoms with Crippen molar-refractivity contribution in [3.63, 3.8) is 0 Å². The number of aromatic amines is 1. The van der Waals surface area contributed by atoms with Gasteiger partial charge in [0.2, 0.25) is 0 Å². The standard InChI is InChI=1S/C16H13BrN2O3/c1-7-12(18-8(2)14(7)16(21)22)6-11-10-4-3-9(17)5-13(10)19-15(11)20/h3-6,18H,1-2H3,(H,19,20)(H,21,22). The van der Waals surface area contributed by atoms with E-state index in [1.165, 1.54) is 0 Å². The van der Waals surface area contributed by atoms with Crippen molar-refractivity contribution in [2.75, 3.05) is 5.32 Å². The van der Waals surface area contributed by atoms with E-state index in [4.69, 9.17) is 0 Å². The molecule has 1 aliphatic heterocycles. The van der Waals surface area contributed by atoms with Gasteiger partial charge in [-0.2, -0.15) is 0 Å². The minimum absolute atomic E-state index is 0.198. The van der Waals surface area contributed by atoms with Gasteiger partial charge in [-0.25, -0.2) is 4.79 Å². The monoisotopic (exact) mass is 360 g/mol. The second-order valence-corrected chi connectivity index (χ2v) is 6.09. The summed E-state index contributed by atoms with van der Waals surface area (Å²) in [4.78, 5) is 26.5. The predicted octanol–water partition coefficient (Wildman–Crippen LogP) is 3.58. The molecule has 0 aliphatic carbocycles. The molecule has 1 aromatic carbocycles. The second-order valence-electron chi connectivity index (χ2n) is 5.17. The molecule has 0 fully saturated rings. The van der Waals surface area contributed by atoms with Crippen molar-refractivity contribution in [2.45, 2.75) is 13.8 Å². The Morgan fingerprint density at radius 3 is 2.68 bits per heavy atom. The Labute approximate surface area is 135 Å². The smallest absolute Gasteiger partial charge is 0.337 e. The molecular formula is C16H13BrN2O3. The number of nitrogens with one attached hydrogen (secondary N) is 2. The van der Waals surface area contributed by atoms with Crippen LogP contribution in [0.5, 0.6) is 0 Å². The largest absolute Gasteiger partial charge is 0.478 e. The molecule has 0 unspecified atom stereocenters. The quantitative estimate of drug-likeness (QED) is 0.715. The molecule has 0 saturated heterocycles. The number of rotatable bonds is 2. The summed E-state index contributed by atoms with van der Waals surface area (Å²) >= 11 is 3.37. The summed E-state index contributed by atoms with van der Waals surface area (Å²) in [7, 11) is 0. The number of carboxylic acids is 1. The average molecular weight is 361 g/mol. The van der Waals surface area contributed by atoms with Gasteiger partial charge in [-0.3, -0.25) is 4.79 Å². The van der Waals surface area contributed by atoms with Crippen LogP contribution in [0.1, 0.15) is 32.9 Å². The lowest BCUT2D eigenvalue weighted by molar-refractivity contribution is -0.110. The highest BCUT2D eigenvalue weighted by molar-refractivity contribution is 9.10. The van der Waals surface area contributed by atoms with Crippen LogP contribution < -0.4 is 5.32 Å². The number of amides is 1. The van der Waals surface area contributed by atoms with Crippen LogP contribution in [0, 0.1) is 13.8 Å². The summed E-state index contributed by atoms with van der Waals surface area (Å²) in [6.07, 6.45) is 1.70. The third-order valence-electron chi connectivity index (χ3n) is 3.74. The molecule has 3 N–H and O–H groups in total. The van der Waals surface area contributed by atoms with Crippen LogP contribution in [0.2, 0.25) is 0 Å². The Kier molecular flexibility index (Phi) is 3.41. The molecule has 5 nitrogen and oxygen atoms in total. The number of H-pyrrole nitrogens is 1. The third-order valence-corrected chi connectivity index (χ3v) is 4.24. The highest BCUT2D eigenvalue weighted by Gasteiger charge is 2.25. The number of halogens is 1. The fourth-order valence-electron chi connectivity index (χ4n) is 2.69. The first-order chi connectivity index (χ1) is 10.4. The van der Waals surface area contributed by atoms with Crippen molar-refractivity contribution in [3.8, 4) is 0 Å². The van der Waals surface area contributed by atoms with Gasteiger partial charge in [-0.1, -0.05) is 22.0 Å². The molecule has 112 valence electrons. The van der Waals surface area contributed by atoms with E-state index in [1.807, 2.05) is 18.2 Å². The molecule has 0 spiro atoms. The molecular weight excluding hydrogens is 348 g/mol. The molecule has 2 aromatic rings. The van der Waals surface area contributed by atoms with E-state index >= 15 is 0 Å². The summed E-state index contributed by atoms with van der Waals surface area (Å²) < 4.78 is 0.882. The van der Waals surface area contributed by atoms with Gasteiger partial charge in [0, 0.05) is 21.4 Å². The zero-order chi connectivity index (χ0) is 16.0. The number of carboxylic acid groups (broad SMARTS) is 1. The van der Waals surface area contributed by atoms with Gasteiger partial charge >= 0.3 is 5.97 Å². The van der Waals surface area contributed by atoms with Gasteiger partial charge in [0.1, 0.15) is 0 Å². The van der Waals surface area contributed by atoms with E-state index < -0.39 is 5.97 Å². The Balaban J connectivity index is 2.13. The summed E-state index contributed by atoms with van der Waals surface area (Å²) in [6.45, 7) is 3.44. The molecule has 0 saturated carbocycles. The lowest BCUT2D eigenvalue weighted by Crippen LogP contribution is -2.03. The number of benzene rings is 1. The van der Waals surface area contributed by atoms with Crippen LogP contribution in [0.4, 0.5) is 5.69 Å². The lowest BCUT2D eigenvalue weighted by Gasteiger charge is -1.99. The molecule has 1 amide bonds. The average Bonchev–Trinajstić information content (AvgIpc) is 2.87. The van der Waals surface area contributed by atoms with E-state index in [1.54, 1.807) is 19.9 Å². The fraction of sp³-hybridized carbons (Fsp3) is 0.125. The molecule has 0 radical (unpaired) electrons. The van der Waals surface area contributed by atoms with Gasteiger partial charge in [0.25, 0.3) is 5.91 Å². The topological polar surface area (TPSA) is 82.2 Å². The molecule has 22 heavy (non-hydrogen) atoms. The van der Waals surface area contributed by atoms with Crippen LogP contribution >= 0.6 is 15.9 Å². The maximum absolute atomic E-state index is 12.2. The van der Waals surface area contributed by atoms with Gasteiger partial charge in [0.15, 0.2) is 0 Å². The summed E-state index contributed by atoms with van der Waals surface area (Å²) in [5.74, 6) is -1.17. The first-order valence-corrected chi connectivity index (χ1v) is 7.43. The Morgan fingerprint density at radius 1 is 1.32 bits per heavy atom. The molecule has 1 aliphatic rings. The van der Waals surface area contributed by atoms with Gasteiger partial charge in [-0.15, -0.1) is 0 Å². The minimum atomic E-state index is -0.976. The summed E-state index contributed by atoms with van der Waals surface area (Å²) in [5.41, 5.74) is 4.14. The first kappa shape index (κ1) is 14.6. The number of hydrogen-bond donors (Lipinski definition) is 3. The molecule has 2 heterocycles. The van der Waals surface area contributed by atoms with Crippen LogP contribution in [-0.4, -0.2) is 22.0 Å². The maximum Gasteiger partial charge on any atom is 0.337 e. The predicted molar refractivity (Wildman–Crippen MR) is 87.9 cm³/mol. The molecule has 6 heteroatoms. The number of carbonyl (C=O) groups is 2. The van der Waals surface area contributed by atoms with Gasteiger partial charge < -0.3 is 15.4 Å². The molecule has 1 aromatic heterocycles. The number of aromatic carboxylic acids is 1. The maximum atomic E-state index is 12.2. The van der Waals surface area contributed by atoms with E-state index in [2.05, 4.69) is 26.2 Å². The number of anilines is 1. The summed E-state index contributed by atoms with van der Waals surface area (Å²) in [5, 5.41) is 12.0. The highest BCUT2D eigenvalue weighted by Crippen LogP contribution is 2.35. The second kappa shape index (κ2) is 5.14. The van der Waals surface area contributed by atoms with E-state index in [-0.39, 0.29) is 11.5 Å². The normalized spacial score (nSPS) is 15.0. The SMILES string of the molecule is Cc1[nH]c(C=C2C(=O)Nc3cc(Br)ccc32)c(C)c1C(=O)O. The number of carbonyl (C=O) groups excluding carboxylic acids is 1. The Morgan fingerprint density at radius 2 is 2.05 bits per heavy atom. The lowest BCUT2D eigenvalue weighted by atomic mass is 10.0.